The van der Waals surface area contributed by atoms with E-state index in [4.69, 9.17) is 14.2 Å². The Morgan fingerprint density at radius 2 is 1.83 bits per heavy atom. The normalized spacial score (nSPS) is 13.8. The topological polar surface area (TPSA) is 86.2 Å². The van der Waals surface area contributed by atoms with Gasteiger partial charge in [0.1, 0.15) is 0 Å². The maximum atomic E-state index is 12.5. The average Bonchev–Trinajstić information content (AvgIpc) is 3.21. The largest absolute Gasteiger partial charge is 0.490 e. The Morgan fingerprint density at radius 1 is 1.08 bits per heavy atom. The van der Waals surface area contributed by atoms with Crippen LogP contribution in [0.1, 0.15) is 30.5 Å². The first-order valence-corrected chi connectivity index (χ1v) is 12.5. The van der Waals surface area contributed by atoms with E-state index in [1.54, 1.807) is 30.3 Å². The molecule has 4 rings (SSSR count). The summed E-state index contributed by atoms with van der Waals surface area (Å²) in [5, 5.41) is 2.70. The lowest BCUT2D eigenvalue weighted by Crippen LogP contribution is -2.07. The van der Waals surface area contributed by atoms with Gasteiger partial charge in [-0.25, -0.2) is 9.79 Å². The molecule has 0 fully saturated rings. The van der Waals surface area contributed by atoms with Crippen LogP contribution in [0.3, 0.4) is 0 Å². The predicted octanol–water partition coefficient (Wildman–Crippen LogP) is 5.61. The Kier molecular flexibility index (Phi) is 8.37. The third-order valence-electron chi connectivity index (χ3n) is 5.19. The molecule has 3 aromatic rings. The molecule has 0 aliphatic carbocycles. The lowest BCUT2D eigenvalue weighted by atomic mass is 10.1. The molecule has 1 aliphatic heterocycles. The van der Waals surface area contributed by atoms with Crippen LogP contribution in [0, 0.1) is 3.57 Å². The van der Waals surface area contributed by atoms with Gasteiger partial charge in [-0.3, -0.25) is 4.79 Å². The molecule has 184 valence electrons. The van der Waals surface area contributed by atoms with Crippen molar-refractivity contribution in [2.75, 3.05) is 18.5 Å². The van der Waals surface area contributed by atoms with Crippen molar-refractivity contribution in [2.24, 2.45) is 4.99 Å². The molecule has 3 aromatic carbocycles. The summed E-state index contributed by atoms with van der Waals surface area (Å²) < 4.78 is 18.2. The SMILES string of the molecule is CCOc1cc(/C=C2\N=C(c3ccc(NC(C)=O)cc3)OC2=O)cc(I)c1OCCc1ccccc1. The van der Waals surface area contributed by atoms with Gasteiger partial charge in [-0.1, -0.05) is 30.3 Å². The zero-order valence-corrected chi connectivity index (χ0v) is 22.1. The van der Waals surface area contributed by atoms with Crippen molar-refractivity contribution >= 4 is 52.1 Å². The monoisotopic (exact) mass is 596 g/mol. The summed E-state index contributed by atoms with van der Waals surface area (Å²) in [6.07, 6.45) is 2.45. The van der Waals surface area contributed by atoms with Gasteiger partial charge in [0.25, 0.3) is 0 Å². The van der Waals surface area contributed by atoms with E-state index in [1.165, 1.54) is 12.5 Å². The molecule has 1 aliphatic rings. The maximum Gasteiger partial charge on any atom is 0.363 e. The summed E-state index contributed by atoms with van der Waals surface area (Å²) >= 11 is 2.21. The van der Waals surface area contributed by atoms with E-state index in [9.17, 15) is 9.59 Å². The minimum absolute atomic E-state index is 0.161. The second-order valence-corrected chi connectivity index (χ2v) is 9.10. The number of hydrogen-bond donors (Lipinski definition) is 1. The van der Waals surface area contributed by atoms with Crippen molar-refractivity contribution < 1.29 is 23.8 Å². The lowest BCUT2D eigenvalue weighted by Gasteiger charge is -2.15. The smallest absolute Gasteiger partial charge is 0.363 e. The first kappa shape index (κ1) is 25.4. The number of benzene rings is 3. The predicted molar refractivity (Wildman–Crippen MR) is 147 cm³/mol. The maximum absolute atomic E-state index is 12.5. The second kappa shape index (κ2) is 11.9. The highest BCUT2D eigenvalue weighted by Crippen LogP contribution is 2.35. The van der Waals surface area contributed by atoms with Crippen molar-refractivity contribution in [2.45, 2.75) is 20.3 Å². The lowest BCUT2D eigenvalue weighted by molar-refractivity contribution is -0.129. The molecular formula is C28H25IN2O5. The van der Waals surface area contributed by atoms with Crippen molar-refractivity contribution in [3.05, 3.63) is 92.7 Å². The van der Waals surface area contributed by atoms with Gasteiger partial charge in [-0.05, 0) is 83.1 Å². The van der Waals surface area contributed by atoms with Crippen molar-refractivity contribution in [3.63, 3.8) is 0 Å². The summed E-state index contributed by atoms with van der Waals surface area (Å²) in [5.41, 5.74) is 3.41. The number of carbonyl (C=O) groups excluding carboxylic acids is 2. The van der Waals surface area contributed by atoms with Crippen LogP contribution in [0.15, 0.2) is 77.4 Å². The zero-order valence-electron chi connectivity index (χ0n) is 19.9. The molecule has 0 spiro atoms. The third kappa shape index (κ3) is 6.51. The number of carbonyl (C=O) groups is 2. The summed E-state index contributed by atoms with van der Waals surface area (Å²) in [6.45, 7) is 4.34. The van der Waals surface area contributed by atoms with Crippen LogP contribution in [-0.2, 0) is 20.7 Å². The molecule has 0 saturated carbocycles. The number of halogens is 1. The van der Waals surface area contributed by atoms with Crippen LogP contribution in [0.4, 0.5) is 5.69 Å². The molecule has 0 atom stereocenters. The quantitative estimate of drug-likeness (QED) is 0.197. The van der Waals surface area contributed by atoms with Gasteiger partial charge in [0.05, 0.1) is 16.8 Å². The van der Waals surface area contributed by atoms with E-state index in [1.807, 2.05) is 37.3 Å². The van der Waals surface area contributed by atoms with Crippen LogP contribution >= 0.6 is 22.6 Å². The Balaban J connectivity index is 1.53. The summed E-state index contributed by atoms with van der Waals surface area (Å²) in [4.78, 5) is 28.1. The van der Waals surface area contributed by atoms with Gasteiger partial charge < -0.3 is 19.5 Å². The van der Waals surface area contributed by atoms with Crippen molar-refractivity contribution in [3.8, 4) is 11.5 Å². The molecule has 8 heteroatoms. The number of rotatable bonds is 9. The van der Waals surface area contributed by atoms with Crippen LogP contribution in [0.25, 0.3) is 6.08 Å². The number of amides is 1. The number of anilines is 1. The molecule has 36 heavy (non-hydrogen) atoms. The highest BCUT2D eigenvalue weighted by atomic mass is 127. The number of nitrogens with one attached hydrogen (secondary N) is 1. The molecule has 0 unspecified atom stereocenters. The molecule has 0 aromatic heterocycles. The fraction of sp³-hybridized carbons (Fsp3) is 0.179. The van der Waals surface area contributed by atoms with E-state index in [-0.39, 0.29) is 17.5 Å². The van der Waals surface area contributed by atoms with Gasteiger partial charge >= 0.3 is 5.97 Å². The first-order valence-electron chi connectivity index (χ1n) is 11.5. The minimum atomic E-state index is -0.535. The minimum Gasteiger partial charge on any atom is -0.490 e. The second-order valence-electron chi connectivity index (χ2n) is 7.94. The van der Waals surface area contributed by atoms with E-state index < -0.39 is 5.97 Å². The fourth-order valence-electron chi connectivity index (χ4n) is 3.58. The van der Waals surface area contributed by atoms with Crippen LogP contribution in [-0.4, -0.2) is 31.0 Å². The number of nitrogens with zero attached hydrogens (tertiary/aromatic N) is 1. The third-order valence-corrected chi connectivity index (χ3v) is 5.99. The molecule has 0 radical (unpaired) electrons. The van der Waals surface area contributed by atoms with Gasteiger partial charge in [-0.2, -0.15) is 0 Å². The van der Waals surface area contributed by atoms with E-state index in [2.05, 4.69) is 45.0 Å². The number of aliphatic imine (C=N–C) groups is 1. The highest BCUT2D eigenvalue weighted by Gasteiger charge is 2.24. The highest BCUT2D eigenvalue weighted by molar-refractivity contribution is 14.1. The number of cyclic esters (lactones) is 1. The fourth-order valence-corrected chi connectivity index (χ4v) is 4.36. The van der Waals surface area contributed by atoms with E-state index in [0.717, 1.165) is 15.6 Å². The Labute approximate surface area is 223 Å². The number of esters is 1. The van der Waals surface area contributed by atoms with Crippen LogP contribution < -0.4 is 14.8 Å². The standard InChI is InChI=1S/C28H25IN2O5/c1-3-34-25-17-20(15-23(29)26(25)35-14-13-19-7-5-4-6-8-19)16-24-28(33)36-27(31-24)21-9-11-22(12-10-21)30-18(2)32/h4-12,15-17H,3,13-14H2,1-2H3,(H,30,32)/b24-16-. The van der Waals surface area contributed by atoms with Crippen LogP contribution in [0.5, 0.6) is 11.5 Å². The Bertz CT molecular complexity index is 1320. The Hall–Kier alpha value is -3.66. The van der Waals surface area contributed by atoms with Gasteiger partial charge in [0.2, 0.25) is 11.8 Å². The molecule has 0 saturated heterocycles. The molecule has 1 amide bonds. The zero-order chi connectivity index (χ0) is 25.5. The van der Waals surface area contributed by atoms with Gasteiger partial charge in [0, 0.05) is 24.6 Å². The average molecular weight is 596 g/mol. The first-order chi connectivity index (χ1) is 17.4. The van der Waals surface area contributed by atoms with Crippen molar-refractivity contribution in [1.29, 1.82) is 0 Å². The van der Waals surface area contributed by atoms with Gasteiger partial charge in [0.15, 0.2) is 17.2 Å². The van der Waals surface area contributed by atoms with E-state index in [0.29, 0.717) is 36.0 Å². The molecule has 0 bridgehead atoms. The Morgan fingerprint density at radius 3 is 2.53 bits per heavy atom. The van der Waals surface area contributed by atoms with Crippen molar-refractivity contribution in [1.82, 2.24) is 0 Å². The summed E-state index contributed by atoms with van der Waals surface area (Å²) in [6, 6.07) is 20.8. The molecule has 1 heterocycles. The number of hydrogen-bond acceptors (Lipinski definition) is 6. The molecular weight excluding hydrogens is 571 g/mol. The number of ether oxygens (including phenoxy) is 3. The van der Waals surface area contributed by atoms with Crippen LogP contribution in [0.2, 0.25) is 0 Å². The summed E-state index contributed by atoms with van der Waals surface area (Å²) in [7, 11) is 0. The summed E-state index contributed by atoms with van der Waals surface area (Å²) in [5.74, 6) is 0.793. The molecule has 1 N–H and O–H groups in total. The molecule has 7 nitrogen and oxygen atoms in total. The van der Waals surface area contributed by atoms with Gasteiger partial charge in [-0.15, -0.1) is 0 Å². The van der Waals surface area contributed by atoms with E-state index >= 15 is 0 Å².